The molecule has 0 bridgehead atoms. The molecule has 0 aromatic heterocycles. The Kier molecular flexibility index (Phi) is 7.39. The normalized spacial score (nSPS) is 15.7. The van der Waals surface area contributed by atoms with E-state index < -0.39 is 47.6 Å². The summed E-state index contributed by atoms with van der Waals surface area (Å²) in [7, 11) is -0.550. The van der Waals surface area contributed by atoms with Crippen molar-refractivity contribution < 1.29 is 4.21 Å². The maximum absolute atomic E-state index is 11.5. The monoisotopic (exact) mass is 448 g/mol. The molecule has 1 unspecified atom stereocenters. The SMILES string of the molecule is CCS(=O)CC[CH]([Sn]([CH3])([CH3])[CH3])[Sn]([CH3])([CH3])[CH3]. The van der Waals surface area contributed by atoms with Crippen LogP contribution in [0.25, 0.3) is 0 Å². The maximum atomic E-state index is 11.5. The van der Waals surface area contributed by atoms with Crippen molar-refractivity contribution in [3.05, 3.63) is 0 Å². The Bertz CT molecular complexity index is 202. The van der Waals surface area contributed by atoms with Gasteiger partial charge in [-0.15, -0.1) is 0 Å². The summed E-state index contributed by atoms with van der Waals surface area (Å²) in [6.07, 6.45) is 1.26. The molecule has 0 radical (unpaired) electrons. The van der Waals surface area contributed by atoms with E-state index in [-0.39, 0.29) is 0 Å². The fourth-order valence-electron chi connectivity index (χ4n) is 2.56. The molecule has 0 N–H and O–H groups in total. The van der Waals surface area contributed by atoms with Gasteiger partial charge in [-0.2, -0.15) is 0 Å². The van der Waals surface area contributed by atoms with E-state index in [0.29, 0.717) is 0 Å². The van der Waals surface area contributed by atoms with Crippen LogP contribution in [0, 0.1) is 0 Å². The first-order valence-corrected chi connectivity index (χ1v) is 27.8. The standard InChI is InChI=1S/C5H10OS.6CH3.2Sn/c1-3-5-7(6)4-2;;;;;;;;/h1H,3-5H2,2H3;6*1H3;;. The van der Waals surface area contributed by atoms with Crippen molar-refractivity contribution >= 4 is 47.6 Å². The molecule has 1 atom stereocenters. The van der Waals surface area contributed by atoms with Gasteiger partial charge < -0.3 is 0 Å². The number of hydrogen-bond donors (Lipinski definition) is 0. The molecule has 0 fully saturated rings. The summed E-state index contributed by atoms with van der Waals surface area (Å²) in [6.45, 7) is 2.03. The van der Waals surface area contributed by atoms with E-state index in [9.17, 15) is 4.21 Å². The second-order valence-corrected chi connectivity index (χ2v) is 44.1. The Morgan fingerprint density at radius 2 is 1.40 bits per heavy atom. The average molecular weight is 446 g/mol. The van der Waals surface area contributed by atoms with Crippen molar-refractivity contribution in [1.29, 1.82) is 0 Å². The fraction of sp³-hybridized carbons (Fsp3) is 1.00. The van der Waals surface area contributed by atoms with Crippen LogP contribution in [-0.4, -0.2) is 52.5 Å². The zero-order valence-corrected chi connectivity index (χ0v) is 18.0. The molecular formula is C11H28OSSn2. The van der Waals surface area contributed by atoms with Crippen molar-refractivity contribution in [2.45, 2.75) is 44.9 Å². The molecule has 0 aliphatic rings. The Labute approximate surface area is 107 Å². The summed E-state index contributed by atoms with van der Waals surface area (Å²) < 4.78 is 12.6. The van der Waals surface area contributed by atoms with Gasteiger partial charge in [-0.25, -0.2) is 0 Å². The van der Waals surface area contributed by atoms with Gasteiger partial charge in [-0.05, 0) is 0 Å². The topological polar surface area (TPSA) is 17.1 Å². The molecular weight excluding hydrogens is 418 g/mol. The Morgan fingerprint density at radius 3 is 1.67 bits per heavy atom. The summed E-state index contributed by atoms with van der Waals surface area (Å²) in [5.41, 5.74) is 0. The van der Waals surface area contributed by atoms with Gasteiger partial charge in [0, 0.05) is 0 Å². The minimum absolute atomic E-state index is 0.550. The third kappa shape index (κ3) is 6.91. The molecule has 1 nitrogen and oxygen atoms in total. The van der Waals surface area contributed by atoms with Crippen LogP contribution < -0.4 is 0 Å². The van der Waals surface area contributed by atoms with Crippen LogP contribution in [0.15, 0.2) is 0 Å². The summed E-state index contributed by atoms with van der Waals surface area (Å²) >= 11 is -3.56. The molecule has 0 aromatic rings. The van der Waals surface area contributed by atoms with Gasteiger partial charge in [-0.3, -0.25) is 0 Å². The van der Waals surface area contributed by atoms with E-state index in [4.69, 9.17) is 0 Å². The van der Waals surface area contributed by atoms with Crippen LogP contribution in [0.3, 0.4) is 0 Å². The van der Waals surface area contributed by atoms with Gasteiger partial charge in [0.2, 0.25) is 0 Å². The molecule has 0 aromatic carbocycles. The van der Waals surface area contributed by atoms with Gasteiger partial charge in [0.1, 0.15) is 0 Å². The van der Waals surface area contributed by atoms with Gasteiger partial charge in [0.15, 0.2) is 0 Å². The molecule has 0 aliphatic carbocycles. The van der Waals surface area contributed by atoms with E-state index in [1.54, 1.807) is 0 Å². The van der Waals surface area contributed by atoms with Crippen LogP contribution in [0.1, 0.15) is 13.3 Å². The van der Waals surface area contributed by atoms with E-state index in [1.807, 2.05) is 6.92 Å². The van der Waals surface area contributed by atoms with Crippen molar-refractivity contribution in [2.75, 3.05) is 11.5 Å². The predicted molar refractivity (Wildman–Crippen MR) is 78.6 cm³/mol. The first kappa shape index (κ1) is 16.7. The van der Waals surface area contributed by atoms with Gasteiger partial charge in [-0.1, -0.05) is 0 Å². The third-order valence-electron chi connectivity index (χ3n) is 3.05. The fourth-order valence-corrected chi connectivity index (χ4v) is 67.5. The minimum atomic E-state index is -1.78. The van der Waals surface area contributed by atoms with Crippen LogP contribution in [-0.2, 0) is 10.8 Å². The van der Waals surface area contributed by atoms with Crippen molar-refractivity contribution in [2.24, 2.45) is 0 Å². The molecule has 0 amide bonds. The molecule has 0 saturated heterocycles. The van der Waals surface area contributed by atoms with Crippen LogP contribution >= 0.6 is 0 Å². The number of hydrogen-bond acceptors (Lipinski definition) is 1. The van der Waals surface area contributed by atoms with E-state index in [2.05, 4.69) is 29.6 Å². The van der Waals surface area contributed by atoms with Gasteiger partial charge in [0.25, 0.3) is 0 Å². The molecule has 92 valence electrons. The quantitative estimate of drug-likeness (QED) is 0.569. The van der Waals surface area contributed by atoms with Crippen LogP contribution in [0.2, 0.25) is 31.6 Å². The first-order chi connectivity index (χ1) is 6.59. The molecule has 0 rings (SSSR count). The summed E-state index contributed by atoms with van der Waals surface area (Å²) in [5.74, 6) is 1.80. The second kappa shape index (κ2) is 6.62. The van der Waals surface area contributed by atoms with Crippen molar-refractivity contribution in [3.8, 4) is 0 Å². The number of rotatable bonds is 6. The molecule has 0 saturated carbocycles. The molecule has 0 spiro atoms. The second-order valence-electron chi connectivity index (χ2n) is 6.51. The zero-order chi connectivity index (χ0) is 12.3. The van der Waals surface area contributed by atoms with Gasteiger partial charge >= 0.3 is 108 Å². The van der Waals surface area contributed by atoms with E-state index in [0.717, 1.165) is 13.5 Å². The molecule has 15 heavy (non-hydrogen) atoms. The predicted octanol–water partition coefficient (Wildman–Crippen LogP) is 3.73. The summed E-state index contributed by atoms with van der Waals surface area (Å²) in [6, 6.07) is 0. The van der Waals surface area contributed by atoms with E-state index in [1.165, 1.54) is 6.42 Å². The van der Waals surface area contributed by atoms with Crippen molar-refractivity contribution in [3.63, 3.8) is 0 Å². The zero-order valence-electron chi connectivity index (χ0n) is 11.5. The first-order valence-electron chi connectivity index (χ1n) is 5.94. The Balaban J connectivity index is 4.49. The molecule has 0 heterocycles. The van der Waals surface area contributed by atoms with Gasteiger partial charge in [0.05, 0.1) is 0 Å². The Morgan fingerprint density at radius 1 is 1.00 bits per heavy atom. The van der Waals surface area contributed by atoms with Crippen molar-refractivity contribution in [1.82, 2.24) is 0 Å². The third-order valence-corrected chi connectivity index (χ3v) is 51.1. The summed E-state index contributed by atoms with van der Waals surface area (Å²) in [4.78, 5) is 15.3. The van der Waals surface area contributed by atoms with Crippen LogP contribution in [0.4, 0.5) is 0 Å². The summed E-state index contributed by atoms with van der Waals surface area (Å²) in [5, 5.41) is 0. The average Bonchev–Trinajstić information content (AvgIpc) is 1.99. The molecule has 4 heteroatoms. The van der Waals surface area contributed by atoms with E-state index >= 15 is 0 Å². The Hall–Kier alpha value is 1.75. The molecule has 0 aliphatic heterocycles. The van der Waals surface area contributed by atoms with Crippen LogP contribution in [0.5, 0.6) is 0 Å².